The van der Waals surface area contributed by atoms with Gasteiger partial charge < -0.3 is 18.6 Å². The molecule has 0 aliphatic carbocycles. The Balaban J connectivity index is 1.43. The quantitative estimate of drug-likeness (QED) is 0.229. The van der Waals surface area contributed by atoms with Crippen LogP contribution in [0.4, 0.5) is 5.88 Å². The molecule has 1 aromatic heterocycles. The van der Waals surface area contributed by atoms with E-state index in [-0.39, 0.29) is 11.4 Å². The first kappa shape index (κ1) is 26.1. The summed E-state index contributed by atoms with van der Waals surface area (Å²) in [6, 6.07) is 29.1. The lowest BCUT2D eigenvalue weighted by atomic mass is 9.98. The first-order valence-electron chi connectivity index (χ1n) is 12.3. The zero-order valence-electron chi connectivity index (χ0n) is 21.8. The Kier molecular flexibility index (Phi) is 7.47. The second kappa shape index (κ2) is 11.5. The minimum Gasteiger partial charge on any atom is -0.497 e. The van der Waals surface area contributed by atoms with Crippen molar-refractivity contribution in [1.29, 1.82) is 5.26 Å². The summed E-state index contributed by atoms with van der Waals surface area (Å²) in [6.45, 7) is -0.566. The number of carbonyl (C=O) groups is 2. The number of anilines is 1. The van der Waals surface area contributed by atoms with Gasteiger partial charge in [-0.25, -0.2) is 4.79 Å². The van der Waals surface area contributed by atoms with Crippen LogP contribution >= 0.6 is 0 Å². The first-order chi connectivity index (χ1) is 19.5. The van der Waals surface area contributed by atoms with Crippen molar-refractivity contribution >= 4 is 28.5 Å². The van der Waals surface area contributed by atoms with Gasteiger partial charge in [-0.15, -0.1) is 0 Å². The Bertz CT molecular complexity index is 1730. The normalized spacial score (nSPS) is 10.5. The number of amides is 1. The molecule has 1 heterocycles. The highest BCUT2D eigenvalue weighted by atomic mass is 16.5. The molecule has 0 aliphatic heterocycles. The van der Waals surface area contributed by atoms with E-state index in [4.69, 9.17) is 18.6 Å². The van der Waals surface area contributed by atoms with Gasteiger partial charge in [-0.3, -0.25) is 10.1 Å². The van der Waals surface area contributed by atoms with Crippen LogP contribution in [0.25, 0.3) is 33.2 Å². The molecule has 0 saturated heterocycles. The van der Waals surface area contributed by atoms with E-state index in [0.29, 0.717) is 39.5 Å². The fraction of sp³-hybridized carbons (Fsp3) is 0.0938. The lowest BCUT2D eigenvalue weighted by Gasteiger charge is -2.07. The van der Waals surface area contributed by atoms with E-state index in [2.05, 4.69) is 11.4 Å². The van der Waals surface area contributed by atoms with E-state index in [0.717, 1.165) is 10.8 Å². The fourth-order valence-electron chi connectivity index (χ4n) is 4.38. The summed E-state index contributed by atoms with van der Waals surface area (Å²) in [5.41, 5.74) is 2.34. The topological polar surface area (TPSA) is 111 Å². The van der Waals surface area contributed by atoms with Crippen LogP contribution in [0.2, 0.25) is 0 Å². The van der Waals surface area contributed by atoms with E-state index in [1.165, 1.54) is 0 Å². The van der Waals surface area contributed by atoms with Crippen LogP contribution in [-0.4, -0.2) is 32.7 Å². The van der Waals surface area contributed by atoms with Gasteiger partial charge in [0.15, 0.2) is 6.61 Å². The van der Waals surface area contributed by atoms with Crippen molar-refractivity contribution in [1.82, 2.24) is 0 Å². The predicted octanol–water partition coefficient (Wildman–Crippen LogP) is 6.45. The molecule has 8 heteroatoms. The van der Waals surface area contributed by atoms with Crippen LogP contribution in [0, 0.1) is 11.3 Å². The smallest absolute Gasteiger partial charge is 0.339 e. The van der Waals surface area contributed by atoms with Gasteiger partial charge >= 0.3 is 5.97 Å². The number of esters is 1. The number of hydrogen-bond donors (Lipinski definition) is 1. The molecule has 1 N–H and O–H groups in total. The predicted molar refractivity (Wildman–Crippen MR) is 150 cm³/mol. The summed E-state index contributed by atoms with van der Waals surface area (Å²) >= 11 is 0. The first-order valence-corrected chi connectivity index (χ1v) is 12.3. The molecule has 1 amide bonds. The van der Waals surface area contributed by atoms with Crippen molar-refractivity contribution in [2.45, 2.75) is 0 Å². The molecule has 0 spiro atoms. The van der Waals surface area contributed by atoms with Gasteiger partial charge in [0.25, 0.3) is 5.91 Å². The van der Waals surface area contributed by atoms with Crippen LogP contribution in [0.3, 0.4) is 0 Å². The molecule has 0 bridgehead atoms. The molecule has 40 heavy (non-hydrogen) atoms. The highest BCUT2D eigenvalue weighted by molar-refractivity contribution is 6.05. The van der Waals surface area contributed by atoms with Crippen molar-refractivity contribution in [3.8, 4) is 40.0 Å². The number of carbonyl (C=O) groups excluding carboxylic acids is 2. The molecule has 0 unspecified atom stereocenters. The van der Waals surface area contributed by atoms with Gasteiger partial charge in [0.05, 0.1) is 19.8 Å². The number of rotatable bonds is 8. The minimum atomic E-state index is -0.651. The van der Waals surface area contributed by atoms with Crippen LogP contribution in [0.5, 0.6) is 11.5 Å². The molecule has 4 aromatic carbocycles. The Labute approximate surface area is 230 Å². The minimum absolute atomic E-state index is 0.0506. The average molecular weight is 533 g/mol. The van der Waals surface area contributed by atoms with E-state index in [1.54, 1.807) is 74.9 Å². The largest absolute Gasteiger partial charge is 0.497 e. The third kappa shape index (κ3) is 5.22. The van der Waals surface area contributed by atoms with E-state index >= 15 is 0 Å². The van der Waals surface area contributed by atoms with Crippen molar-refractivity contribution in [3.05, 3.63) is 102 Å². The van der Waals surface area contributed by atoms with Crippen molar-refractivity contribution in [2.75, 3.05) is 26.1 Å². The second-order valence-corrected chi connectivity index (χ2v) is 8.73. The van der Waals surface area contributed by atoms with Crippen LogP contribution in [0.1, 0.15) is 15.9 Å². The van der Waals surface area contributed by atoms with Gasteiger partial charge in [0, 0.05) is 11.1 Å². The molecule has 8 nitrogen and oxygen atoms in total. The fourth-order valence-corrected chi connectivity index (χ4v) is 4.38. The molecule has 0 radical (unpaired) electrons. The maximum Gasteiger partial charge on any atom is 0.339 e. The third-order valence-corrected chi connectivity index (χ3v) is 6.35. The number of ether oxygens (including phenoxy) is 3. The molecule has 5 rings (SSSR count). The Morgan fingerprint density at radius 2 is 1.45 bits per heavy atom. The second-order valence-electron chi connectivity index (χ2n) is 8.73. The van der Waals surface area contributed by atoms with Crippen LogP contribution in [-0.2, 0) is 9.53 Å². The summed E-state index contributed by atoms with van der Waals surface area (Å²) in [4.78, 5) is 25.6. The highest BCUT2D eigenvalue weighted by Gasteiger charge is 2.25. The number of fused-ring (bicyclic) bond motifs is 1. The maximum atomic E-state index is 12.8. The molecule has 0 fully saturated rings. The van der Waals surface area contributed by atoms with Gasteiger partial charge in [-0.2, -0.15) is 5.26 Å². The van der Waals surface area contributed by atoms with Gasteiger partial charge in [-0.05, 0) is 58.8 Å². The van der Waals surface area contributed by atoms with E-state index < -0.39 is 18.5 Å². The Morgan fingerprint density at radius 3 is 2.10 bits per heavy atom. The molecule has 0 saturated carbocycles. The highest BCUT2D eigenvalue weighted by Crippen LogP contribution is 2.42. The van der Waals surface area contributed by atoms with Crippen molar-refractivity contribution in [2.24, 2.45) is 0 Å². The van der Waals surface area contributed by atoms with Gasteiger partial charge in [0.1, 0.15) is 28.9 Å². The molecule has 0 atom stereocenters. The number of furan rings is 1. The van der Waals surface area contributed by atoms with E-state index in [1.807, 2.05) is 30.3 Å². The third-order valence-electron chi connectivity index (χ3n) is 6.35. The summed E-state index contributed by atoms with van der Waals surface area (Å²) < 4.78 is 21.9. The SMILES string of the molecule is COc1ccc(-c2oc(NC(=O)COC(=O)c3cccc4ccccc34)c(C#N)c2-c2ccc(OC)cc2)cc1. The van der Waals surface area contributed by atoms with Crippen LogP contribution < -0.4 is 14.8 Å². The lowest BCUT2D eigenvalue weighted by molar-refractivity contribution is -0.119. The summed E-state index contributed by atoms with van der Waals surface area (Å²) in [7, 11) is 3.14. The number of nitrogens with zero attached hydrogens (tertiary/aromatic N) is 1. The maximum absolute atomic E-state index is 12.8. The molecule has 5 aromatic rings. The standard InChI is InChI=1S/C32H24N2O6/c1-37-23-14-10-21(11-15-23)29-27(18-33)31(40-30(29)22-12-16-24(38-2)17-13-22)34-28(35)19-39-32(36)26-9-5-7-20-6-3-4-8-25(20)26/h3-17H,19H2,1-2H3,(H,34,35). The van der Waals surface area contributed by atoms with Crippen LogP contribution in [0.15, 0.2) is 95.4 Å². The van der Waals surface area contributed by atoms with Gasteiger partial charge in [0.2, 0.25) is 5.88 Å². The summed E-state index contributed by atoms with van der Waals surface area (Å²) in [5, 5.41) is 14.3. The zero-order valence-corrected chi connectivity index (χ0v) is 21.8. The lowest BCUT2D eigenvalue weighted by Crippen LogP contribution is -2.21. The summed E-state index contributed by atoms with van der Waals surface area (Å²) in [5.74, 6) is 0.352. The number of nitrogens with one attached hydrogen (secondary N) is 1. The van der Waals surface area contributed by atoms with Crippen molar-refractivity contribution in [3.63, 3.8) is 0 Å². The number of nitriles is 1. The molecule has 0 aliphatic rings. The molecular weight excluding hydrogens is 508 g/mol. The Hall–Kier alpha value is -5.55. The molecular formula is C32H24N2O6. The monoisotopic (exact) mass is 532 g/mol. The molecule has 198 valence electrons. The number of hydrogen-bond acceptors (Lipinski definition) is 7. The van der Waals surface area contributed by atoms with Gasteiger partial charge in [-0.1, -0.05) is 48.5 Å². The average Bonchev–Trinajstić information content (AvgIpc) is 3.37. The summed E-state index contributed by atoms with van der Waals surface area (Å²) in [6.07, 6.45) is 0. The number of benzene rings is 4. The van der Waals surface area contributed by atoms with Crippen molar-refractivity contribution < 1.29 is 28.2 Å². The zero-order chi connectivity index (χ0) is 28.1. The van der Waals surface area contributed by atoms with E-state index in [9.17, 15) is 14.9 Å². The Morgan fingerprint density at radius 1 is 0.825 bits per heavy atom. The number of methoxy groups -OCH3 is 2.